The molecule has 0 aliphatic carbocycles. The molecule has 1 aromatic carbocycles. The predicted molar refractivity (Wildman–Crippen MR) is 80.1 cm³/mol. The van der Waals surface area contributed by atoms with Crippen LogP contribution in [0.5, 0.6) is 0 Å². The topological polar surface area (TPSA) is 80.5 Å². The first kappa shape index (κ1) is 17.1. The van der Waals surface area contributed by atoms with E-state index in [4.69, 9.17) is 0 Å². The number of nitrogens with zero attached hydrogens (tertiary/aromatic N) is 2. The van der Waals surface area contributed by atoms with Crippen molar-refractivity contribution in [3.05, 3.63) is 32.8 Å². The minimum absolute atomic E-state index is 0.269. The van der Waals surface area contributed by atoms with Crippen LogP contribution >= 0.6 is 15.9 Å². The third kappa shape index (κ3) is 3.77. The van der Waals surface area contributed by atoms with Gasteiger partial charge < -0.3 is 0 Å². The molecule has 0 amide bonds. The van der Waals surface area contributed by atoms with Crippen LogP contribution in [0.4, 0.5) is 5.69 Å². The Morgan fingerprint density at radius 1 is 1.35 bits per heavy atom. The number of rotatable bonds is 7. The zero-order chi connectivity index (χ0) is 15.3. The summed E-state index contributed by atoms with van der Waals surface area (Å²) in [6, 6.07) is 3.94. The third-order valence-electron chi connectivity index (χ3n) is 2.85. The van der Waals surface area contributed by atoms with Crippen molar-refractivity contribution in [1.82, 2.24) is 4.31 Å². The minimum atomic E-state index is -3.86. The molecule has 0 fully saturated rings. The Morgan fingerprint density at radius 3 is 2.50 bits per heavy atom. The Balaban J connectivity index is 3.32. The summed E-state index contributed by atoms with van der Waals surface area (Å²) in [4.78, 5) is 10.1. The van der Waals surface area contributed by atoms with Gasteiger partial charge in [-0.2, -0.15) is 4.31 Å². The average Bonchev–Trinajstić information content (AvgIpc) is 2.38. The first-order valence-corrected chi connectivity index (χ1v) is 8.52. The SMILES string of the molecule is CCCCN(CC)S(=O)(=O)c1cc(Br)ccc1[N+](=O)[O-]. The summed E-state index contributed by atoms with van der Waals surface area (Å²) >= 11 is 3.16. The Morgan fingerprint density at radius 2 is 2.00 bits per heavy atom. The highest BCUT2D eigenvalue weighted by atomic mass is 79.9. The number of nitro groups is 1. The van der Waals surface area contributed by atoms with Gasteiger partial charge in [0, 0.05) is 23.6 Å². The van der Waals surface area contributed by atoms with Crippen LogP contribution in [0.3, 0.4) is 0 Å². The molecule has 8 heteroatoms. The molecule has 0 aromatic heterocycles. The summed E-state index contributed by atoms with van der Waals surface area (Å²) in [5, 5.41) is 11.0. The lowest BCUT2D eigenvalue weighted by molar-refractivity contribution is -0.387. The van der Waals surface area contributed by atoms with Gasteiger partial charge >= 0.3 is 0 Å². The molecule has 0 spiro atoms. The van der Waals surface area contributed by atoms with Gasteiger partial charge in [0.15, 0.2) is 4.90 Å². The summed E-state index contributed by atoms with van der Waals surface area (Å²) in [7, 11) is -3.86. The Kier molecular flexibility index (Phi) is 6.09. The van der Waals surface area contributed by atoms with Crippen molar-refractivity contribution < 1.29 is 13.3 Å². The lowest BCUT2D eigenvalue weighted by atomic mass is 10.3. The highest BCUT2D eigenvalue weighted by molar-refractivity contribution is 9.10. The third-order valence-corrected chi connectivity index (χ3v) is 5.35. The van der Waals surface area contributed by atoms with Crippen LogP contribution in [-0.4, -0.2) is 30.7 Å². The fourth-order valence-corrected chi connectivity index (χ4v) is 3.95. The van der Waals surface area contributed by atoms with Gasteiger partial charge in [0.1, 0.15) is 0 Å². The Hall–Kier alpha value is -0.990. The van der Waals surface area contributed by atoms with E-state index < -0.39 is 20.6 Å². The van der Waals surface area contributed by atoms with E-state index in [2.05, 4.69) is 15.9 Å². The van der Waals surface area contributed by atoms with E-state index in [1.807, 2.05) is 6.92 Å². The van der Waals surface area contributed by atoms with E-state index in [0.717, 1.165) is 12.8 Å². The molecule has 6 nitrogen and oxygen atoms in total. The molecule has 112 valence electrons. The van der Waals surface area contributed by atoms with Gasteiger partial charge in [0.2, 0.25) is 10.0 Å². The van der Waals surface area contributed by atoms with Crippen molar-refractivity contribution in [1.29, 1.82) is 0 Å². The Labute approximate surface area is 127 Å². The van der Waals surface area contributed by atoms with Gasteiger partial charge in [-0.25, -0.2) is 8.42 Å². The van der Waals surface area contributed by atoms with Crippen molar-refractivity contribution in [3.8, 4) is 0 Å². The Bertz CT molecular complexity index is 589. The molecular formula is C12H17BrN2O4S. The number of halogens is 1. The summed E-state index contributed by atoms with van der Waals surface area (Å²) in [6.07, 6.45) is 1.57. The zero-order valence-electron chi connectivity index (χ0n) is 11.4. The van der Waals surface area contributed by atoms with Crippen molar-refractivity contribution in [2.75, 3.05) is 13.1 Å². The number of hydrogen-bond acceptors (Lipinski definition) is 4. The molecule has 0 bridgehead atoms. The van der Waals surface area contributed by atoms with Crippen molar-refractivity contribution in [2.45, 2.75) is 31.6 Å². The van der Waals surface area contributed by atoms with Crippen LogP contribution < -0.4 is 0 Å². The average molecular weight is 365 g/mol. The monoisotopic (exact) mass is 364 g/mol. The molecule has 1 aromatic rings. The standard InChI is InChI=1S/C12H17BrN2O4S/c1-3-5-8-14(4-2)20(18,19)12-9-10(13)6-7-11(12)15(16)17/h6-7,9H,3-5,8H2,1-2H3. The first-order valence-electron chi connectivity index (χ1n) is 6.28. The summed E-state index contributed by atoms with van der Waals surface area (Å²) in [5.41, 5.74) is -0.400. The molecule has 1 rings (SSSR count). The smallest absolute Gasteiger partial charge is 0.258 e. The molecule has 0 saturated heterocycles. The second-order valence-corrected chi connectivity index (χ2v) is 7.04. The molecule has 0 unspecified atom stereocenters. The molecule has 0 aliphatic heterocycles. The maximum absolute atomic E-state index is 12.5. The van der Waals surface area contributed by atoms with Gasteiger partial charge in [-0.05, 0) is 18.6 Å². The molecular weight excluding hydrogens is 348 g/mol. The summed E-state index contributed by atoms with van der Waals surface area (Å²) < 4.78 is 26.9. The lowest BCUT2D eigenvalue weighted by Gasteiger charge is -2.20. The van der Waals surface area contributed by atoms with E-state index in [1.165, 1.54) is 22.5 Å². The van der Waals surface area contributed by atoms with E-state index in [-0.39, 0.29) is 11.4 Å². The number of hydrogen-bond donors (Lipinski definition) is 0. The lowest BCUT2D eigenvalue weighted by Crippen LogP contribution is -2.32. The van der Waals surface area contributed by atoms with Crippen LogP contribution in [0.1, 0.15) is 26.7 Å². The number of unbranched alkanes of at least 4 members (excludes halogenated alkanes) is 1. The second kappa shape index (κ2) is 7.14. The normalized spacial score (nSPS) is 11.8. The highest BCUT2D eigenvalue weighted by Crippen LogP contribution is 2.29. The molecule has 0 atom stereocenters. The quantitative estimate of drug-likeness (QED) is 0.549. The van der Waals surface area contributed by atoms with E-state index in [9.17, 15) is 18.5 Å². The van der Waals surface area contributed by atoms with Crippen molar-refractivity contribution in [3.63, 3.8) is 0 Å². The van der Waals surface area contributed by atoms with Crippen LogP contribution in [0.2, 0.25) is 0 Å². The molecule has 0 radical (unpaired) electrons. The molecule has 0 N–H and O–H groups in total. The van der Waals surface area contributed by atoms with Crippen LogP contribution in [-0.2, 0) is 10.0 Å². The van der Waals surface area contributed by atoms with Gasteiger partial charge in [0.05, 0.1) is 4.92 Å². The number of benzene rings is 1. The second-order valence-electron chi connectivity index (χ2n) is 4.22. The van der Waals surface area contributed by atoms with Crippen molar-refractivity contribution >= 4 is 31.6 Å². The summed E-state index contributed by atoms with van der Waals surface area (Å²) in [5.74, 6) is 0. The van der Waals surface area contributed by atoms with Gasteiger partial charge in [0.25, 0.3) is 5.69 Å². The van der Waals surface area contributed by atoms with Gasteiger partial charge in [-0.1, -0.05) is 36.2 Å². The fraction of sp³-hybridized carbons (Fsp3) is 0.500. The maximum atomic E-state index is 12.5. The van der Waals surface area contributed by atoms with E-state index in [1.54, 1.807) is 6.92 Å². The molecule has 0 heterocycles. The van der Waals surface area contributed by atoms with E-state index >= 15 is 0 Å². The predicted octanol–water partition coefficient (Wildman–Crippen LogP) is 3.17. The van der Waals surface area contributed by atoms with Crippen LogP contribution in [0.25, 0.3) is 0 Å². The van der Waals surface area contributed by atoms with Crippen molar-refractivity contribution in [2.24, 2.45) is 0 Å². The maximum Gasteiger partial charge on any atom is 0.289 e. The van der Waals surface area contributed by atoms with Crippen LogP contribution in [0.15, 0.2) is 27.6 Å². The number of sulfonamides is 1. The first-order chi connectivity index (χ1) is 9.34. The zero-order valence-corrected chi connectivity index (χ0v) is 13.8. The minimum Gasteiger partial charge on any atom is -0.258 e. The van der Waals surface area contributed by atoms with Crippen LogP contribution in [0, 0.1) is 10.1 Å². The van der Waals surface area contributed by atoms with Gasteiger partial charge in [-0.3, -0.25) is 10.1 Å². The molecule has 0 aliphatic rings. The van der Waals surface area contributed by atoms with Gasteiger partial charge in [-0.15, -0.1) is 0 Å². The number of nitro benzene ring substituents is 1. The fourth-order valence-electron chi connectivity index (χ4n) is 1.77. The van der Waals surface area contributed by atoms with E-state index in [0.29, 0.717) is 11.0 Å². The highest BCUT2D eigenvalue weighted by Gasteiger charge is 2.30. The summed E-state index contributed by atoms with van der Waals surface area (Å²) in [6.45, 7) is 4.32. The molecule has 20 heavy (non-hydrogen) atoms. The largest absolute Gasteiger partial charge is 0.289 e. The molecule has 0 saturated carbocycles.